The van der Waals surface area contributed by atoms with Crippen LogP contribution in [0.3, 0.4) is 0 Å². The van der Waals surface area contributed by atoms with E-state index in [1.807, 2.05) is 30.3 Å². The Labute approximate surface area is 162 Å². The first-order chi connectivity index (χ1) is 13.4. The van der Waals surface area contributed by atoms with E-state index in [-0.39, 0.29) is 5.69 Å². The van der Waals surface area contributed by atoms with E-state index in [1.54, 1.807) is 33.5 Å². The van der Waals surface area contributed by atoms with E-state index >= 15 is 0 Å². The predicted molar refractivity (Wildman–Crippen MR) is 103 cm³/mol. The first kappa shape index (κ1) is 19.7. The number of ether oxygens (including phenoxy) is 2. The van der Waals surface area contributed by atoms with Crippen molar-refractivity contribution >= 4 is 0 Å². The maximum atomic E-state index is 14.2. The quantitative estimate of drug-likeness (QED) is 0.595. The smallest absolute Gasteiger partial charge is 0.302 e. The Morgan fingerprint density at radius 2 is 1.71 bits per heavy atom. The van der Waals surface area contributed by atoms with Crippen molar-refractivity contribution in [3.8, 4) is 28.5 Å². The highest BCUT2D eigenvalue weighted by Crippen LogP contribution is 2.37. The van der Waals surface area contributed by atoms with E-state index in [9.17, 15) is 8.78 Å². The van der Waals surface area contributed by atoms with Gasteiger partial charge in [-0.05, 0) is 44.4 Å². The molecule has 0 radical (unpaired) electrons. The highest BCUT2D eigenvalue weighted by Gasteiger charge is 2.33. The normalized spacial score (nSPS) is 11.5. The van der Waals surface area contributed by atoms with E-state index in [2.05, 4.69) is 9.97 Å². The molecule has 146 valence electrons. The van der Waals surface area contributed by atoms with Crippen LogP contribution in [-0.2, 0) is 5.92 Å². The third-order valence-electron chi connectivity index (χ3n) is 4.01. The lowest BCUT2D eigenvalue weighted by molar-refractivity contribution is -0.0310. The van der Waals surface area contributed by atoms with Crippen molar-refractivity contribution in [2.75, 3.05) is 27.7 Å². The summed E-state index contributed by atoms with van der Waals surface area (Å²) >= 11 is 0. The molecule has 7 heteroatoms. The molecule has 1 aromatic carbocycles. The molecule has 0 bridgehead atoms. The second-order valence-corrected chi connectivity index (χ2v) is 6.48. The number of hydrogen-bond acceptors (Lipinski definition) is 5. The molecule has 0 unspecified atom stereocenters. The van der Waals surface area contributed by atoms with Crippen molar-refractivity contribution in [2.24, 2.45) is 0 Å². The molecule has 0 saturated carbocycles. The van der Waals surface area contributed by atoms with Gasteiger partial charge in [0.1, 0.15) is 17.2 Å². The summed E-state index contributed by atoms with van der Waals surface area (Å²) < 4.78 is 39.6. The lowest BCUT2D eigenvalue weighted by atomic mass is 10.1. The van der Waals surface area contributed by atoms with Gasteiger partial charge in [0.2, 0.25) is 5.88 Å². The summed E-state index contributed by atoms with van der Waals surface area (Å²) in [6.45, 7) is -0.418. The molecule has 0 N–H and O–H groups in total. The largest absolute Gasteiger partial charge is 0.496 e. The fraction of sp³-hybridized carbons (Fsp3) is 0.238. The highest BCUT2D eigenvalue weighted by molar-refractivity contribution is 5.74. The number of hydrogen-bond donors (Lipinski definition) is 0. The van der Waals surface area contributed by atoms with Crippen LogP contribution in [0.2, 0.25) is 0 Å². The standard InChI is InChI=1S/C21H21F2N3O2/c1-26(2)14-21(22,23)19-11-10-15(13-25-19)28-20-17(8-6-12-24-20)16-7-4-5-9-18(16)27-3/h4-13H,14H2,1-3H3. The number of likely N-dealkylation sites (N-methyl/N-ethyl adjacent to an activating group) is 1. The van der Waals surface area contributed by atoms with Crippen molar-refractivity contribution in [1.82, 2.24) is 14.9 Å². The van der Waals surface area contributed by atoms with Crippen molar-refractivity contribution in [1.29, 1.82) is 0 Å². The summed E-state index contributed by atoms with van der Waals surface area (Å²) in [7, 11) is 4.77. The van der Waals surface area contributed by atoms with Gasteiger partial charge >= 0.3 is 5.92 Å². The van der Waals surface area contributed by atoms with Gasteiger partial charge in [-0.3, -0.25) is 4.98 Å². The van der Waals surface area contributed by atoms with Gasteiger partial charge in [-0.1, -0.05) is 18.2 Å². The lowest BCUT2D eigenvalue weighted by Crippen LogP contribution is -2.30. The number of pyridine rings is 2. The summed E-state index contributed by atoms with van der Waals surface area (Å²) in [5, 5.41) is 0. The average molecular weight is 385 g/mol. The molecule has 0 aliphatic rings. The van der Waals surface area contributed by atoms with Crippen LogP contribution in [0.1, 0.15) is 5.69 Å². The third kappa shape index (κ3) is 4.43. The zero-order chi connectivity index (χ0) is 20.1. The molecule has 2 aromatic heterocycles. The van der Waals surface area contributed by atoms with Crippen LogP contribution in [0.15, 0.2) is 60.9 Å². The SMILES string of the molecule is COc1ccccc1-c1cccnc1Oc1ccc(C(F)(F)CN(C)C)nc1. The average Bonchev–Trinajstić information content (AvgIpc) is 2.68. The molecule has 3 rings (SSSR count). The fourth-order valence-corrected chi connectivity index (χ4v) is 2.79. The summed E-state index contributed by atoms with van der Waals surface area (Å²) in [6.07, 6.45) is 2.88. The summed E-state index contributed by atoms with van der Waals surface area (Å²) in [5.41, 5.74) is 1.23. The minimum atomic E-state index is -3.05. The fourth-order valence-electron chi connectivity index (χ4n) is 2.79. The van der Waals surface area contributed by atoms with Gasteiger partial charge < -0.3 is 14.4 Å². The zero-order valence-electron chi connectivity index (χ0n) is 15.9. The van der Waals surface area contributed by atoms with Gasteiger partial charge in [-0.25, -0.2) is 4.98 Å². The zero-order valence-corrected chi connectivity index (χ0v) is 15.9. The van der Waals surface area contributed by atoms with E-state index in [0.717, 1.165) is 11.1 Å². The second kappa shape index (κ2) is 8.31. The Bertz CT molecular complexity index is 931. The molecular weight excluding hydrogens is 364 g/mol. The van der Waals surface area contributed by atoms with Crippen LogP contribution in [0, 0.1) is 0 Å². The van der Waals surface area contributed by atoms with E-state index in [0.29, 0.717) is 17.4 Å². The summed E-state index contributed by atoms with van der Waals surface area (Å²) in [5.74, 6) is -1.71. The van der Waals surface area contributed by atoms with E-state index < -0.39 is 12.5 Å². The Morgan fingerprint density at radius 3 is 2.39 bits per heavy atom. The third-order valence-corrected chi connectivity index (χ3v) is 4.01. The van der Waals surface area contributed by atoms with Crippen molar-refractivity contribution in [3.05, 3.63) is 66.6 Å². The van der Waals surface area contributed by atoms with Gasteiger partial charge in [0.25, 0.3) is 0 Å². The topological polar surface area (TPSA) is 47.5 Å². The number of methoxy groups -OCH3 is 1. The van der Waals surface area contributed by atoms with Gasteiger partial charge in [-0.15, -0.1) is 0 Å². The van der Waals surface area contributed by atoms with Gasteiger partial charge in [0.15, 0.2) is 0 Å². The van der Waals surface area contributed by atoms with Crippen molar-refractivity contribution in [2.45, 2.75) is 5.92 Å². The molecule has 0 spiro atoms. The minimum Gasteiger partial charge on any atom is -0.496 e. The van der Waals surface area contributed by atoms with E-state index in [1.165, 1.54) is 23.2 Å². The molecule has 0 amide bonds. The van der Waals surface area contributed by atoms with Gasteiger partial charge in [-0.2, -0.15) is 8.78 Å². The van der Waals surface area contributed by atoms with Crippen LogP contribution in [0.4, 0.5) is 8.78 Å². The summed E-state index contributed by atoms with van der Waals surface area (Å²) in [6, 6.07) is 13.9. The first-order valence-electron chi connectivity index (χ1n) is 8.66. The number of aromatic nitrogens is 2. The number of para-hydroxylation sites is 1. The molecule has 0 aliphatic carbocycles. The molecule has 5 nitrogen and oxygen atoms in total. The number of nitrogens with zero attached hydrogens (tertiary/aromatic N) is 3. The molecule has 28 heavy (non-hydrogen) atoms. The van der Waals surface area contributed by atoms with Crippen molar-refractivity contribution < 1.29 is 18.3 Å². The van der Waals surface area contributed by atoms with Crippen LogP contribution in [0.25, 0.3) is 11.1 Å². The van der Waals surface area contributed by atoms with Crippen LogP contribution in [-0.4, -0.2) is 42.6 Å². The first-order valence-corrected chi connectivity index (χ1v) is 8.66. The Kier molecular flexibility index (Phi) is 5.84. The lowest BCUT2D eigenvalue weighted by Gasteiger charge is -2.20. The van der Waals surface area contributed by atoms with Gasteiger partial charge in [0.05, 0.1) is 19.9 Å². The number of alkyl halides is 2. The molecular formula is C21H21F2N3O2. The molecule has 3 aromatic rings. The minimum absolute atomic E-state index is 0.306. The highest BCUT2D eigenvalue weighted by atomic mass is 19.3. The van der Waals surface area contributed by atoms with Crippen LogP contribution in [0.5, 0.6) is 17.4 Å². The van der Waals surface area contributed by atoms with Gasteiger partial charge in [0, 0.05) is 17.3 Å². The molecule has 2 heterocycles. The number of halogens is 2. The molecule has 0 fully saturated rings. The van der Waals surface area contributed by atoms with E-state index in [4.69, 9.17) is 9.47 Å². The Morgan fingerprint density at radius 1 is 0.964 bits per heavy atom. The predicted octanol–water partition coefficient (Wildman–Crippen LogP) is 4.60. The van der Waals surface area contributed by atoms with Crippen molar-refractivity contribution in [3.63, 3.8) is 0 Å². The van der Waals surface area contributed by atoms with Crippen LogP contribution >= 0.6 is 0 Å². The molecule has 0 aliphatic heterocycles. The Hall–Kier alpha value is -3.06. The summed E-state index contributed by atoms with van der Waals surface area (Å²) in [4.78, 5) is 9.57. The number of benzene rings is 1. The monoisotopic (exact) mass is 385 g/mol. The second-order valence-electron chi connectivity index (χ2n) is 6.48. The Balaban J connectivity index is 1.87. The maximum Gasteiger partial charge on any atom is 0.302 e. The molecule has 0 saturated heterocycles. The maximum absolute atomic E-state index is 14.2. The number of rotatable bonds is 7. The molecule has 0 atom stereocenters. The van der Waals surface area contributed by atoms with Crippen LogP contribution < -0.4 is 9.47 Å².